The van der Waals surface area contributed by atoms with Gasteiger partial charge in [0.05, 0.1) is 0 Å². The molecule has 0 atom stereocenters. The molecule has 0 saturated heterocycles. The maximum atomic E-state index is 4.51. The molecular weight excluding hydrogens is 242 g/mol. The molecule has 2 heterocycles. The van der Waals surface area contributed by atoms with Crippen LogP contribution < -0.4 is 0 Å². The van der Waals surface area contributed by atoms with E-state index in [1.165, 1.54) is 5.56 Å². The van der Waals surface area contributed by atoms with Crippen LogP contribution in [0.1, 0.15) is 5.56 Å². The molecule has 18 heavy (non-hydrogen) atoms. The number of aromatic nitrogens is 3. The van der Waals surface area contributed by atoms with Crippen LogP contribution in [-0.4, -0.2) is 15.0 Å². The lowest BCUT2D eigenvalue weighted by Gasteiger charge is -2.02. The SMILES string of the molecule is Cc1cccc(-c2ncnc(-c3ccsc3)n2)c1. The Morgan fingerprint density at radius 1 is 1.00 bits per heavy atom. The summed E-state index contributed by atoms with van der Waals surface area (Å²) < 4.78 is 0. The van der Waals surface area contributed by atoms with Gasteiger partial charge in [0.15, 0.2) is 11.6 Å². The molecule has 2 aromatic heterocycles. The molecule has 0 aliphatic heterocycles. The zero-order chi connectivity index (χ0) is 12.4. The predicted octanol–water partition coefficient (Wildman–Crippen LogP) is 3.58. The maximum absolute atomic E-state index is 4.51. The molecule has 0 fully saturated rings. The molecule has 1 aromatic carbocycles. The number of rotatable bonds is 2. The fraction of sp³-hybridized carbons (Fsp3) is 0.0714. The fourth-order valence-corrected chi connectivity index (χ4v) is 2.38. The van der Waals surface area contributed by atoms with Crippen LogP contribution in [0.2, 0.25) is 0 Å². The van der Waals surface area contributed by atoms with Crippen molar-refractivity contribution in [3.05, 3.63) is 53.0 Å². The Balaban J connectivity index is 2.06. The van der Waals surface area contributed by atoms with Crippen molar-refractivity contribution in [2.24, 2.45) is 0 Å². The third kappa shape index (κ3) is 2.15. The largest absolute Gasteiger partial charge is 0.217 e. The molecule has 0 unspecified atom stereocenters. The summed E-state index contributed by atoms with van der Waals surface area (Å²) in [5, 5.41) is 4.06. The van der Waals surface area contributed by atoms with Gasteiger partial charge in [0.2, 0.25) is 0 Å². The minimum Gasteiger partial charge on any atom is -0.217 e. The highest BCUT2D eigenvalue weighted by Crippen LogP contribution is 2.21. The molecule has 0 N–H and O–H groups in total. The molecule has 0 aliphatic carbocycles. The van der Waals surface area contributed by atoms with Crippen molar-refractivity contribution >= 4 is 11.3 Å². The van der Waals surface area contributed by atoms with E-state index >= 15 is 0 Å². The Bertz CT molecular complexity index is 662. The summed E-state index contributed by atoms with van der Waals surface area (Å²) in [4.78, 5) is 13.0. The van der Waals surface area contributed by atoms with Crippen LogP contribution in [0, 0.1) is 6.92 Å². The van der Waals surface area contributed by atoms with Crippen LogP contribution in [-0.2, 0) is 0 Å². The third-order valence-corrected chi connectivity index (χ3v) is 3.31. The molecule has 4 heteroatoms. The van der Waals surface area contributed by atoms with Crippen LogP contribution in [0.15, 0.2) is 47.4 Å². The lowest BCUT2D eigenvalue weighted by atomic mass is 10.1. The van der Waals surface area contributed by atoms with Crippen molar-refractivity contribution in [1.82, 2.24) is 15.0 Å². The minimum absolute atomic E-state index is 0.718. The first-order valence-electron chi connectivity index (χ1n) is 5.61. The molecule has 88 valence electrons. The van der Waals surface area contributed by atoms with Crippen LogP contribution in [0.3, 0.4) is 0 Å². The van der Waals surface area contributed by atoms with Gasteiger partial charge in [0.25, 0.3) is 0 Å². The highest BCUT2D eigenvalue weighted by Gasteiger charge is 2.06. The number of thiophene rings is 1. The number of nitrogens with zero attached hydrogens (tertiary/aromatic N) is 3. The van der Waals surface area contributed by atoms with Crippen molar-refractivity contribution in [1.29, 1.82) is 0 Å². The van der Waals surface area contributed by atoms with Crippen LogP contribution in [0.25, 0.3) is 22.8 Å². The second-order valence-corrected chi connectivity index (χ2v) is 4.79. The van der Waals surface area contributed by atoms with Crippen LogP contribution >= 0.6 is 11.3 Å². The first-order valence-corrected chi connectivity index (χ1v) is 6.56. The minimum atomic E-state index is 0.718. The van der Waals surface area contributed by atoms with Gasteiger partial charge in [-0.2, -0.15) is 11.3 Å². The first-order chi connectivity index (χ1) is 8.83. The summed E-state index contributed by atoms with van der Waals surface area (Å²) in [6, 6.07) is 10.2. The number of aryl methyl sites for hydroxylation is 1. The van der Waals surface area contributed by atoms with Gasteiger partial charge in [-0.05, 0) is 24.4 Å². The molecule has 0 radical (unpaired) electrons. The summed E-state index contributed by atoms with van der Waals surface area (Å²) in [6.45, 7) is 2.06. The third-order valence-electron chi connectivity index (χ3n) is 2.63. The fourth-order valence-electron chi connectivity index (χ4n) is 1.75. The van der Waals surface area contributed by atoms with Gasteiger partial charge >= 0.3 is 0 Å². The van der Waals surface area contributed by atoms with E-state index in [4.69, 9.17) is 0 Å². The van der Waals surface area contributed by atoms with Gasteiger partial charge in [-0.3, -0.25) is 0 Å². The van der Waals surface area contributed by atoms with Gasteiger partial charge in [0, 0.05) is 16.5 Å². The smallest absolute Gasteiger partial charge is 0.164 e. The quantitative estimate of drug-likeness (QED) is 0.700. The molecule has 3 nitrogen and oxygen atoms in total. The summed E-state index contributed by atoms with van der Waals surface area (Å²) in [5.74, 6) is 1.44. The van der Waals surface area contributed by atoms with E-state index in [2.05, 4.69) is 34.0 Å². The molecule has 3 aromatic rings. The van der Waals surface area contributed by atoms with Crippen molar-refractivity contribution in [2.45, 2.75) is 6.92 Å². The summed E-state index contributed by atoms with van der Waals surface area (Å²) in [5.41, 5.74) is 3.26. The molecular formula is C14H11N3S. The van der Waals surface area contributed by atoms with E-state index in [0.717, 1.165) is 22.8 Å². The van der Waals surface area contributed by atoms with E-state index in [-0.39, 0.29) is 0 Å². The van der Waals surface area contributed by atoms with Crippen LogP contribution in [0.4, 0.5) is 0 Å². The lowest BCUT2D eigenvalue weighted by molar-refractivity contribution is 1.07. The number of benzene rings is 1. The monoisotopic (exact) mass is 253 g/mol. The van der Waals surface area contributed by atoms with Crippen molar-refractivity contribution < 1.29 is 0 Å². The molecule has 3 rings (SSSR count). The zero-order valence-electron chi connectivity index (χ0n) is 9.87. The van der Waals surface area contributed by atoms with Crippen LogP contribution in [0.5, 0.6) is 0 Å². The average Bonchev–Trinajstić information content (AvgIpc) is 2.93. The topological polar surface area (TPSA) is 38.7 Å². The molecule has 0 bridgehead atoms. The Hall–Kier alpha value is -2.07. The molecule has 0 aliphatic rings. The predicted molar refractivity (Wildman–Crippen MR) is 73.3 cm³/mol. The molecule has 0 amide bonds. The lowest BCUT2D eigenvalue weighted by Crippen LogP contribution is -1.94. The summed E-state index contributed by atoms with van der Waals surface area (Å²) >= 11 is 1.64. The van der Waals surface area contributed by atoms with Gasteiger partial charge in [0.1, 0.15) is 6.33 Å². The highest BCUT2D eigenvalue weighted by atomic mass is 32.1. The standard InChI is InChI=1S/C14H11N3S/c1-10-3-2-4-11(7-10)13-15-9-16-14(17-13)12-5-6-18-8-12/h2-9H,1H3. The van der Waals surface area contributed by atoms with E-state index in [1.807, 2.05) is 29.0 Å². The van der Waals surface area contributed by atoms with Crippen molar-refractivity contribution in [3.63, 3.8) is 0 Å². The Morgan fingerprint density at radius 3 is 2.56 bits per heavy atom. The zero-order valence-corrected chi connectivity index (χ0v) is 10.7. The van der Waals surface area contributed by atoms with Crippen molar-refractivity contribution in [2.75, 3.05) is 0 Å². The van der Waals surface area contributed by atoms with E-state index in [0.29, 0.717) is 0 Å². The van der Waals surface area contributed by atoms with E-state index in [9.17, 15) is 0 Å². The summed E-state index contributed by atoms with van der Waals surface area (Å²) in [7, 11) is 0. The first kappa shape index (κ1) is 11.0. The maximum Gasteiger partial charge on any atom is 0.164 e. The highest BCUT2D eigenvalue weighted by molar-refractivity contribution is 7.08. The molecule has 0 spiro atoms. The second-order valence-electron chi connectivity index (χ2n) is 4.01. The van der Waals surface area contributed by atoms with Gasteiger partial charge in [-0.25, -0.2) is 15.0 Å². The number of hydrogen-bond donors (Lipinski definition) is 0. The average molecular weight is 253 g/mol. The van der Waals surface area contributed by atoms with Gasteiger partial charge in [-0.15, -0.1) is 0 Å². The normalized spacial score (nSPS) is 10.5. The number of hydrogen-bond acceptors (Lipinski definition) is 4. The van der Waals surface area contributed by atoms with E-state index in [1.54, 1.807) is 17.7 Å². The Morgan fingerprint density at radius 2 is 1.83 bits per heavy atom. The summed E-state index contributed by atoms with van der Waals surface area (Å²) in [6.07, 6.45) is 1.57. The van der Waals surface area contributed by atoms with E-state index < -0.39 is 0 Å². The van der Waals surface area contributed by atoms with Gasteiger partial charge in [-0.1, -0.05) is 23.8 Å². The second kappa shape index (κ2) is 4.66. The van der Waals surface area contributed by atoms with Gasteiger partial charge < -0.3 is 0 Å². The Labute approximate surface area is 109 Å². The molecule has 0 saturated carbocycles. The Kier molecular flexibility index (Phi) is 2.86. The van der Waals surface area contributed by atoms with Crippen molar-refractivity contribution in [3.8, 4) is 22.8 Å².